The second-order valence-corrected chi connectivity index (χ2v) is 13.1. The monoisotopic (exact) mass is 594 g/mol. The minimum atomic E-state index is -0.0469. The topological polar surface area (TPSA) is 40.6 Å². The number of nitrogens with zero attached hydrogens (tertiary/aromatic N) is 2. The fraction of sp³-hybridized carbons (Fsp3) is 0.333. The van der Waals surface area contributed by atoms with Crippen molar-refractivity contribution in [3.8, 4) is 20.9 Å². The zero-order chi connectivity index (χ0) is 29.1. The summed E-state index contributed by atoms with van der Waals surface area (Å²) in [5, 5.41) is 4.16. The van der Waals surface area contributed by atoms with Crippen molar-refractivity contribution >= 4 is 57.0 Å². The van der Waals surface area contributed by atoms with Crippen LogP contribution in [0.2, 0.25) is 0 Å². The third kappa shape index (κ3) is 5.38. The molecule has 42 heavy (non-hydrogen) atoms. The van der Waals surface area contributed by atoms with Crippen LogP contribution in [0.1, 0.15) is 76.3 Å². The molecule has 4 nitrogen and oxygen atoms in total. The van der Waals surface area contributed by atoms with Crippen molar-refractivity contribution in [2.45, 2.75) is 65.2 Å². The third-order valence-corrected chi connectivity index (χ3v) is 10.2. The van der Waals surface area contributed by atoms with E-state index < -0.39 is 0 Å². The first-order valence-corrected chi connectivity index (χ1v) is 17.1. The van der Waals surface area contributed by atoms with E-state index in [4.69, 9.17) is 0 Å². The Balaban J connectivity index is 1.46. The van der Waals surface area contributed by atoms with E-state index in [0.29, 0.717) is 24.2 Å². The van der Waals surface area contributed by atoms with Gasteiger partial charge in [-0.15, -0.1) is 22.7 Å². The summed E-state index contributed by atoms with van der Waals surface area (Å²) in [5.41, 5.74) is 6.94. The van der Waals surface area contributed by atoms with Crippen molar-refractivity contribution in [1.29, 1.82) is 0 Å². The number of unbranched alkanes of at least 4 members (excludes halogenated alkanes) is 6. The molecule has 2 aromatic carbocycles. The summed E-state index contributed by atoms with van der Waals surface area (Å²) in [4.78, 5) is 34.9. The smallest absolute Gasteiger partial charge is 0.259 e. The zero-order valence-electron chi connectivity index (χ0n) is 24.5. The van der Waals surface area contributed by atoms with Crippen molar-refractivity contribution in [3.05, 3.63) is 82.6 Å². The van der Waals surface area contributed by atoms with Crippen LogP contribution in [0.5, 0.6) is 0 Å². The lowest BCUT2D eigenvalue weighted by Crippen LogP contribution is -2.30. The molecule has 0 radical (unpaired) electrons. The lowest BCUT2D eigenvalue weighted by molar-refractivity contribution is -0.114. The molecule has 0 fully saturated rings. The number of benzene rings is 2. The van der Waals surface area contributed by atoms with E-state index in [1.54, 1.807) is 22.7 Å². The van der Waals surface area contributed by atoms with Crippen molar-refractivity contribution in [2.75, 3.05) is 22.9 Å². The van der Waals surface area contributed by atoms with Gasteiger partial charge in [0.05, 0.1) is 22.5 Å². The number of anilines is 2. The van der Waals surface area contributed by atoms with Gasteiger partial charge in [-0.1, -0.05) is 88.8 Å². The minimum Gasteiger partial charge on any atom is -0.308 e. The van der Waals surface area contributed by atoms with Crippen LogP contribution < -0.4 is 9.80 Å². The number of amides is 2. The Hall–Kier alpha value is -3.48. The molecule has 2 amide bonds. The van der Waals surface area contributed by atoms with Gasteiger partial charge in [-0.25, -0.2) is 0 Å². The second-order valence-electron chi connectivity index (χ2n) is 11.2. The summed E-state index contributed by atoms with van der Waals surface area (Å²) >= 11 is 3.40. The van der Waals surface area contributed by atoms with Crippen LogP contribution in [0, 0.1) is 0 Å². The maximum Gasteiger partial charge on any atom is 0.259 e. The van der Waals surface area contributed by atoms with Gasteiger partial charge in [0.1, 0.15) is 0 Å². The number of carbonyl (C=O) groups excluding carboxylic acids is 2. The van der Waals surface area contributed by atoms with E-state index in [1.165, 1.54) is 9.75 Å². The number of hydrogen-bond acceptors (Lipinski definition) is 4. The molecule has 6 rings (SSSR count). The van der Waals surface area contributed by atoms with Gasteiger partial charge >= 0.3 is 0 Å². The summed E-state index contributed by atoms with van der Waals surface area (Å²) < 4.78 is 0. The Kier molecular flexibility index (Phi) is 8.73. The molecule has 0 atom stereocenters. The van der Waals surface area contributed by atoms with Crippen LogP contribution in [0.25, 0.3) is 32.0 Å². The van der Waals surface area contributed by atoms with E-state index in [9.17, 15) is 9.59 Å². The van der Waals surface area contributed by atoms with Crippen molar-refractivity contribution < 1.29 is 9.59 Å². The van der Waals surface area contributed by atoms with E-state index in [0.717, 1.165) is 85.0 Å². The highest BCUT2D eigenvalue weighted by atomic mass is 32.1. The third-order valence-electron chi connectivity index (χ3n) is 8.37. The lowest BCUT2D eigenvalue weighted by Gasteiger charge is -2.18. The molecule has 0 spiro atoms. The largest absolute Gasteiger partial charge is 0.308 e. The van der Waals surface area contributed by atoms with Gasteiger partial charge in [0.25, 0.3) is 11.8 Å². The van der Waals surface area contributed by atoms with E-state index >= 15 is 0 Å². The van der Waals surface area contributed by atoms with Crippen LogP contribution in [0.15, 0.2) is 71.4 Å². The lowest BCUT2D eigenvalue weighted by atomic mass is 9.95. The highest BCUT2D eigenvalue weighted by molar-refractivity contribution is 7.13. The molecule has 6 heteroatoms. The van der Waals surface area contributed by atoms with Crippen molar-refractivity contribution in [1.82, 2.24) is 0 Å². The highest BCUT2D eigenvalue weighted by Gasteiger charge is 2.42. The van der Waals surface area contributed by atoms with Gasteiger partial charge in [-0.3, -0.25) is 9.59 Å². The molecule has 4 aromatic rings. The Morgan fingerprint density at radius 1 is 0.571 bits per heavy atom. The number of carbonyl (C=O) groups is 2. The number of rotatable bonds is 12. The molecule has 0 unspecified atom stereocenters. The number of fused-ring (bicyclic) bond motifs is 2. The Labute approximate surface area is 257 Å². The summed E-state index contributed by atoms with van der Waals surface area (Å²) in [7, 11) is 0. The molecule has 216 valence electrons. The summed E-state index contributed by atoms with van der Waals surface area (Å²) in [6.45, 7) is 5.73. The van der Waals surface area contributed by atoms with Crippen LogP contribution in [0.3, 0.4) is 0 Å². The second kappa shape index (κ2) is 12.8. The Bertz CT molecular complexity index is 1480. The number of hydrogen-bond donors (Lipinski definition) is 0. The van der Waals surface area contributed by atoms with Crippen LogP contribution in [0.4, 0.5) is 11.4 Å². The predicted octanol–water partition coefficient (Wildman–Crippen LogP) is 9.91. The minimum absolute atomic E-state index is 0.0469. The molecule has 0 bridgehead atoms. The number of thiophene rings is 2. The summed E-state index contributed by atoms with van der Waals surface area (Å²) in [5.74, 6) is -0.0939. The van der Waals surface area contributed by atoms with E-state index in [2.05, 4.69) is 85.3 Å². The fourth-order valence-electron chi connectivity index (χ4n) is 6.16. The predicted molar refractivity (Wildman–Crippen MR) is 179 cm³/mol. The first-order valence-electron chi connectivity index (χ1n) is 15.4. The standard InChI is InChI=1S/C36H38N2O2S2/c1-3-5-7-9-19-37-29-23-25(31-13-11-21-41-31)15-17-27(29)33(35(37)39)34-28-18-16-26(32-14-12-22-42-32)24-30(28)38(36(34)40)20-10-8-6-4-2/h11-18,21-24H,3-10,19-20H2,1-2H3/b34-33+. The van der Waals surface area contributed by atoms with Gasteiger partial charge < -0.3 is 9.80 Å². The molecule has 2 aliphatic heterocycles. The molecule has 0 N–H and O–H groups in total. The van der Waals surface area contributed by atoms with Gasteiger partial charge in [0.2, 0.25) is 0 Å². The highest BCUT2D eigenvalue weighted by Crippen LogP contribution is 2.48. The molecule has 0 aliphatic carbocycles. The molecule has 0 saturated heterocycles. The Morgan fingerprint density at radius 2 is 1.02 bits per heavy atom. The fourth-order valence-corrected chi connectivity index (χ4v) is 7.61. The Morgan fingerprint density at radius 3 is 1.40 bits per heavy atom. The maximum atomic E-state index is 14.3. The zero-order valence-corrected chi connectivity index (χ0v) is 26.2. The van der Waals surface area contributed by atoms with Crippen molar-refractivity contribution in [3.63, 3.8) is 0 Å². The van der Waals surface area contributed by atoms with Crippen LogP contribution in [-0.4, -0.2) is 24.9 Å². The van der Waals surface area contributed by atoms with E-state index in [1.807, 2.05) is 9.80 Å². The van der Waals surface area contributed by atoms with Crippen molar-refractivity contribution in [2.24, 2.45) is 0 Å². The molecule has 0 saturated carbocycles. The van der Waals surface area contributed by atoms with Gasteiger partial charge in [-0.05, 0) is 59.0 Å². The van der Waals surface area contributed by atoms with Crippen LogP contribution >= 0.6 is 22.7 Å². The summed E-state index contributed by atoms with van der Waals surface area (Å²) in [6.07, 6.45) is 8.68. The normalized spacial score (nSPS) is 16.0. The van der Waals surface area contributed by atoms with Crippen LogP contribution in [-0.2, 0) is 9.59 Å². The quantitative estimate of drug-likeness (QED) is 0.121. The van der Waals surface area contributed by atoms with Gasteiger partial charge in [-0.2, -0.15) is 0 Å². The molecular formula is C36H38N2O2S2. The average molecular weight is 595 g/mol. The average Bonchev–Trinajstić information content (AvgIpc) is 3.81. The van der Waals surface area contributed by atoms with E-state index in [-0.39, 0.29) is 11.8 Å². The first-order chi connectivity index (χ1) is 20.6. The SMILES string of the molecule is CCCCCCN1C(=O)/C(=C2/C(=O)N(CCCCCC)c3cc(-c4cccs4)ccc32)c2ccc(-c3cccs3)cc21. The summed E-state index contributed by atoms with van der Waals surface area (Å²) in [6, 6.07) is 21.0. The van der Waals surface area contributed by atoms with Gasteiger partial charge in [0, 0.05) is 34.0 Å². The molecule has 2 aliphatic rings. The maximum absolute atomic E-state index is 14.3. The first kappa shape index (κ1) is 28.6. The molecule has 4 heterocycles. The molecular weight excluding hydrogens is 557 g/mol. The van der Waals surface area contributed by atoms with Gasteiger partial charge in [0.15, 0.2) is 0 Å². The molecule has 2 aromatic heterocycles.